The Hall–Kier alpha value is -5.12. The van der Waals surface area contributed by atoms with Crippen molar-refractivity contribution in [3.8, 4) is 11.3 Å². The molecule has 0 aliphatic rings. The molecule has 0 spiro atoms. The lowest BCUT2D eigenvalue weighted by Crippen LogP contribution is -2.04. The molecule has 4 aromatic carbocycles. The number of hydrogen-bond acceptors (Lipinski definition) is 1. The highest BCUT2D eigenvalue weighted by molar-refractivity contribution is 5.92. The van der Waals surface area contributed by atoms with Crippen molar-refractivity contribution in [3.05, 3.63) is 173 Å². The van der Waals surface area contributed by atoms with Crippen molar-refractivity contribution in [1.82, 2.24) is 9.38 Å². The van der Waals surface area contributed by atoms with Gasteiger partial charge in [0.1, 0.15) is 5.65 Å². The van der Waals surface area contributed by atoms with E-state index in [1.54, 1.807) is 0 Å². The lowest BCUT2D eigenvalue weighted by Gasteiger charge is -2.12. The summed E-state index contributed by atoms with van der Waals surface area (Å²) in [6.07, 6.45) is -2.50. The van der Waals surface area contributed by atoms with Gasteiger partial charge in [0.2, 0.25) is 0 Å². The molecule has 0 fully saturated rings. The largest absolute Gasteiger partial charge is 0.416 e. The molecule has 2 nitrogen and oxygen atoms in total. The quantitative estimate of drug-likeness (QED) is 0.204. The van der Waals surface area contributed by atoms with Crippen molar-refractivity contribution in [2.24, 2.45) is 0 Å². The van der Waals surface area contributed by atoms with Gasteiger partial charge in [-0.25, -0.2) is 4.98 Å². The zero-order chi connectivity index (χ0) is 27.5. The van der Waals surface area contributed by atoms with Crippen LogP contribution in [0.3, 0.4) is 0 Å². The number of halogens is 3. The molecule has 0 saturated carbocycles. The number of pyridine rings is 1. The van der Waals surface area contributed by atoms with Gasteiger partial charge < -0.3 is 0 Å². The van der Waals surface area contributed by atoms with Crippen LogP contribution in [-0.2, 0) is 6.18 Å². The molecule has 0 saturated heterocycles. The van der Waals surface area contributed by atoms with Crippen LogP contribution in [0.4, 0.5) is 13.2 Å². The molecule has 0 aliphatic carbocycles. The number of benzene rings is 4. The van der Waals surface area contributed by atoms with Crippen molar-refractivity contribution in [3.63, 3.8) is 0 Å². The Morgan fingerprint density at radius 3 is 1.60 bits per heavy atom. The van der Waals surface area contributed by atoms with Gasteiger partial charge in [-0.05, 0) is 41.0 Å². The van der Waals surface area contributed by atoms with Crippen LogP contribution in [-0.4, -0.2) is 9.38 Å². The summed E-state index contributed by atoms with van der Waals surface area (Å²) in [5.41, 5.74) is 10.2. The van der Waals surface area contributed by atoms with Gasteiger partial charge in [-0.3, -0.25) is 4.40 Å². The summed E-state index contributed by atoms with van der Waals surface area (Å²) in [4.78, 5) is 4.89. The average Bonchev–Trinajstić information content (AvgIpc) is 3.38. The van der Waals surface area contributed by atoms with Gasteiger partial charge in [0, 0.05) is 17.3 Å². The highest BCUT2D eigenvalue weighted by atomic mass is 19.4. The Balaban J connectivity index is 1.71. The van der Waals surface area contributed by atoms with Gasteiger partial charge in [-0.2, -0.15) is 13.2 Å². The van der Waals surface area contributed by atoms with E-state index in [0.717, 1.165) is 45.7 Å². The third-order valence-electron chi connectivity index (χ3n) is 6.69. The first kappa shape index (κ1) is 25.2. The topological polar surface area (TPSA) is 17.3 Å². The molecule has 0 atom stereocenters. The third kappa shape index (κ3) is 4.98. The van der Waals surface area contributed by atoms with Crippen molar-refractivity contribution in [2.45, 2.75) is 6.18 Å². The van der Waals surface area contributed by atoms with E-state index < -0.39 is 11.7 Å². The van der Waals surface area contributed by atoms with Gasteiger partial charge in [0.15, 0.2) is 0 Å². The van der Waals surface area contributed by atoms with E-state index in [1.807, 2.05) is 120 Å². The summed E-state index contributed by atoms with van der Waals surface area (Å²) < 4.78 is 42.0. The predicted octanol–water partition coefficient (Wildman–Crippen LogP) is 9.18. The van der Waals surface area contributed by atoms with Crippen LogP contribution >= 0.6 is 0 Å². The fourth-order valence-corrected chi connectivity index (χ4v) is 4.77. The zero-order valence-electron chi connectivity index (χ0n) is 21.3. The van der Waals surface area contributed by atoms with E-state index in [2.05, 4.69) is 5.73 Å². The van der Waals surface area contributed by atoms with Gasteiger partial charge in [-0.15, -0.1) is 5.73 Å². The van der Waals surface area contributed by atoms with Crippen LogP contribution in [0.2, 0.25) is 0 Å². The Labute approximate surface area is 230 Å². The van der Waals surface area contributed by atoms with E-state index in [-0.39, 0.29) is 0 Å². The second kappa shape index (κ2) is 10.6. The normalized spacial score (nSPS) is 11.3. The van der Waals surface area contributed by atoms with Crippen LogP contribution in [0.15, 0.2) is 145 Å². The maximum absolute atomic E-state index is 13.3. The monoisotopic (exact) mass is 528 g/mol. The minimum atomic E-state index is -4.42. The molecule has 2 aromatic heterocycles. The SMILES string of the molecule is FC(F)(F)c1ccc(-c2nc3ccccn3c2C(=C=C(c2ccccc2)c2ccccc2)c2ccccc2)cc1. The summed E-state index contributed by atoms with van der Waals surface area (Å²) in [5, 5.41) is 0. The van der Waals surface area contributed by atoms with Crippen molar-refractivity contribution in [2.75, 3.05) is 0 Å². The molecular formula is C35H23F3N2. The summed E-state index contributed by atoms with van der Waals surface area (Å²) >= 11 is 0. The highest BCUT2D eigenvalue weighted by Crippen LogP contribution is 2.36. The number of nitrogens with zero attached hydrogens (tertiary/aromatic N) is 2. The first-order valence-corrected chi connectivity index (χ1v) is 12.8. The number of fused-ring (bicyclic) bond motifs is 1. The van der Waals surface area contributed by atoms with E-state index in [0.29, 0.717) is 16.9 Å². The molecule has 0 aliphatic heterocycles. The molecule has 0 N–H and O–H groups in total. The summed E-state index contributed by atoms with van der Waals surface area (Å²) in [5.74, 6) is 0. The lowest BCUT2D eigenvalue weighted by atomic mass is 9.94. The molecule has 0 bridgehead atoms. The lowest BCUT2D eigenvalue weighted by molar-refractivity contribution is -0.137. The first-order chi connectivity index (χ1) is 19.5. The third-order valence-corrected chi connectivity index (χ3v) is 6.69. The second-order valence-corrected chi connectivity index (χ2v) is 9.29. The zero-order valence-corrected chi connectivity index (χ0v) is 21.3. The second-order valence-electron chi connectivity index (χ2n) is 9.29. The van der Waals surface area contributed by atoms with Crippen LogP contribution in [0.1, 0.15) is 27.9 Å². The summed E-state index contributed by atoms with van der Waals surface area (Å²) in [7, 11) is 0. The predicted molar refractivity (Wildman–Crippen MR) is 153 cm³/mol. The van der Waals surface area contributed by atoms with Crippen LogP contribution in [0.25, 0.3) is 28.1 Å². The molecule has 40 heavy (non-hydrogen) atoms. The van der Waals surface area contributed by atoms with E-state index in [9.17, 15) is 13.2 Å². The van der Waals surface area contributed by atoms with Gasteiger partial charge >= 0.3 is 6.18 Å². The molecule has 0 amide bonds. The van der Waals surface area contributed by atoms with Gasteiger partial charge in [-0.1, -0.05) is 109 Å². The fraction of sp³-hybridized carbons (Fsp3) is 0.0286. The number of imidazole rings is 1. The smallest absolute Gasteiger partial charge is 0.298 e. The molecule has 194 valence electrons. The average molecular weight is 529 g/mol. The summed E-state index contributed by atoms with van der Waals surface area (Å²) in [6.45, 7) is 0. The van der Waals surface area contributed by atoms with E-state index in [4.69, 9.17) is 4.98 Å². The van der Waals surface area contributed by atoms with Crippen LogP contribution in [0, 0.1) is 0 Å². The minimum absolute atomic E-state index is 0.576. The number of alkyl halides is 3. The van der Waals surface area contributed by atoms with Crippen molar-refractivity contribution in [1.29, 1.82) is 0 Å². The molecular weight excluding hydrogens is 505 g/mol. The standard InChI is InChI=1S/C35H23F3N2/c36-35(37,38)29-21-19-28(20-22-29)33-34(40-23-11-10-18-32(40)39-33)31(27-16-8-3-9-17-27)24-30(25-12-4-1-5-13-25)26-14-6-2-7-15-26/h1-23H. The molecule has 0 unspecified atom stereocenters. The molecule has 6 rings (SSSR count). The summed E-state index contributed by atoms with van der Waals surface area (Å²) in [6, 6.07) is 40.8. The minimum Gasteiger partial charge on any atom is -0.298 e. The van der Waals surface area contributed by atoms with Gasteiger partial charge in [0.25, 0.3) is 0 Å². The first-order valence-electron chi connectivity index (χ1n) is 12.8. The molecule has 2 heterocycles. The van der Waals surface area contributed by atoms with Gasteiger partial charge in [0.05, 0.1) is 22.5 Å². The Morgan fingerprint density at radius 2 is 1.07 bits per heavy atom. The Morgan fingerprint density at radius 1 is 0.575 bits per heavy atom. The maximum Gasteiger partial charge on any atom is 0.416 e. The number of hydrogen-bond donors (Lipinski definition) is 0. The Bertz CT molecular complexity index is 1790. The van der Waals surface area contributed by atoms with E-state index in [1.165, 1.54) is 12.1 Å². The van der Waals surface area contributed by atoms with Crippen LogP contribution < -0.4 is 0 Å². The van der Waals surface area contributed by atoms with Crippen molar-refractivity contribution < 1.29 is 13.2 Å². The molecule has 5 heteroatoms. The fourth-order valence-electron chi connectivity index (χ4n) is 4.77. The number of rotatable bonds is 5. The van der Waals surface area contributed by atoms with E-state index >= 15 is 0 Å². The maximum atomic E-state index is 13.3. The Kier molecular flexibility index (Phi) is 6.65. The number of aromatic nitrogens is 2. The highest BCUT2D eigenvalue weighted by Gasteiger charge is 2.30. The molecule has 6 aromatic rings. The van der Waals surface area contributed by atoms with Crippen molar-refractivity contribution >= 4 is 16.8 Å². The molecule has 0 radical (unpaired) electrons. The van der Waals surface area contributed by atoms with Crippen LogP contribution in [0.5, 0.6) is 0 Å².